The van der Waals surface area contributed by atoms with Crippen LogP contribution in [0.15, 0.2) is 0 Å². The first kappa shape index (κ1) is 19.5. The molecule has 23 heavy (non-hydrogen) atoms. The number of carbonyl (C=O) groups excluding carboxylic acids is 2. The molecule has 4 N–H and O–H groups in total. The molecular formula is C16H31N3O4. The molecule has 0 aromatic carbocycles. The zero-order valence-electron chi connectivity index (χ0n) is 14.9. The highest BCUT2D eigenvalue weighted by Gasteiger charge is 2.26. The van der Waals surface area contributed by atoms with Crippen molar-refractivity contribution in [2.75, 3.05) is 6.54 Å². The van der Waals surface area contributed by atoms with Crippen LogP contribution in [0.25, 0.3) is 0 Å². The largest absolute Gasteiger partial charge is 0.444 e. The molecule has 0 aliphatic heterocycles. The Hall–Kier alpha value is -1.50. The third-order valence-electron chi connectivity index (χ3n) is 3.56. The van der Waals surface area contributed by atoms with Crippen molar-refractivity contribution in [3.63, 3.8) is 0 Å². The van der Waals surface area contributed by atoms with E-state index in [9.17, 15) is 14.7 Å². The Bertz CT molecular complexity index is 410. The minimum atomic E-state index is -0.602. The lowest BCUT2D eigenvalue weighted by molar-refractivity contribution is 0.0514. The summed E-state index contributed by atoms with van der Waals surface area (Å²) < 4.78 is 5.17. The fourth-order valence-corrected chi connectivity index (χ4v) is 2.40. The quantitative estimate of drug-likeness (QED) is 0.633. The van der Waals surface area contributed by atoms with Gasteiger partial charge >= 0.3 is 12.1 Å². The first-order valence-electron chi connectivity index (χ1n) is 8.20. The van der Waals surface area contributed by atoms with Crippen LogP contribution in [0.1, 0.15) is 60.3 Å². The van der Waals surface area contributed by atoms with Crippen LogP contribution in [0, 0.1) is 0 Å². The number of hydrogen-bond donors (Lipinski definition) is 4. The minimum Gasteiger partial charge on any atom is -0.444 e. The number of rotatable bonds is 4. The van der Waals surface area contributed by atoms with Crippen LogP contribution in [0.4, 0.5) is 9.59 Å². The molecule has 1 rings (SSSR count). The Morgan fingerprint density at radius 1 is 1.09 bits per heavy atom. The van der Waals surface area contributed by atoms with E-state index in [4.69, 9.17) is 4.74 Å². The molecule has 1 fully saturated rings. The Balaban J connectivity index is 2.33. The van der Waals surface area contributed by atoms with Gasteiger partial charge in [-0.15, -0.1) is 0 Å². The molecule has 1 aliphatic carbocycles. The number of amides is 3. The number of ether oxygens (including phenoxy) is 1. The van der Waals surface area contributed by atoms with E-state index < -0.39 is 17.2 Å². The smallest absolute Gasteiger partial charge is 0.407 e. The summed E-state index contributed by atoms with van der Waals surface area (Å²) in [5, 5.41) is 17.9. The van der Waals surface area contributed by atoms with E-state index in [1.54, 1.807) is 20.8 Å². The summed E-state index contributed by atoms with van der Waals surface area (Å²) in [6.07, 6.45) is 2.25. The molecule has 0 bridgehead atoms. The summed E-state index contributed by atoms with van der Waals surface area (Å²) in [5.74, 6) is 0. The fraction of sp³-hybridized carbons (Fsp3) is 0.875. The van der Waals surface area contributed by atoms with E-state index in [0.717, 1.165) is 12.8 Å². The third-order valence-corrected chi connectivity index (χ3v) is 3.56. The molecule has 7 nitrogen and oxygen atoms in total. The fourth-order valence-electron chi connectivity index (χ4n) is 2.40. The zero-order chi connectivity index (χ0) is 17.7. The van der Waals surface area contributed by atoms with E-state index >= 15 is 0 Å². The normalized spacial score (nSPS) is 22.2. The number of aliphatic hydroxyl groups is 1. The molecule has 3 amide bonds. The van der Waals surface area contributed by atoms with Gasteiger partial charge in [0.25, 0.3) is 0 Å². The average Bonchev–Trinajstić information content (AvgIpc) is 2.37. The van der Waals surface area contributed by atoms with Crippen molar-refractivity contribution in [3.05, 3.63) is 0 Å². The summed E-state index contributed by atoms with van der Waals surface area (Å²) in [6, 6.07) is -0.171. The van der Waals surface area contributed by atoms with E-state index in [0.29, 0.717) is 12.8 Å². The van der Waals surface area contributed by atoms with Gasteiger partial charge in [-0.05, 0) is 60.3 Å². The van der Waals surface area contributed by atoms with Crippen LogP contribution in [-0.2, 0) is 4.74 Å². The van der Waals surface area contributed by atoms with Crippen molar-refractivity contribution in [3.8, 4) is 0 Å². The second-order valence-electron chi connectivity index (χ2n) is 7.84. The Morgan fingerprint density at radius 2 is 1.65 bits per heavy atom. The zero-order valence-corrected chi connectivity index (χ0v) is 14.9. The van der Waals surface area contributed by atoms with Crippen LogP contribution >= 0.6 is 0 Å². The second kappa shape index (κ2) is 7.86. The molecule has 134 valence electrons. The Labute approximate surface area is 138 Å². The molecule has 0 heterocycles. The van der Waals surface area contributed by atoms with Crippen LogP contribution in [0.5, 0.6) is 0 Å². The van der Waals surface area contributed by atoms with E-state index in [1.807, 2.05) is 13.8 Å². The van der Waals surface area contributed by atoms with E-state index in [1.165, 1.54) is 0 Å². The highest BCUT2D eigenvalue weighted by atomic mass is 16.6. The summed E-state index contributed by atoms with van der Waals surface area (Å²) in [6.45, 7) is 9.31. The van der Waals surface area contributed by atoms with Crippen LogP contribution in [-0.4, -0.2) is 47.1 Å². The maximum Gasteiger partial charge on any atom is 0.407 e. The Morgan fingerprint density at radius 3 is 2.17 bits per heavy atom. The number of aliphatic hydroxyl groups excluding tert-OH is 1. The second-order valence-corrected chi connectivity index (χ2v) is 7.84. The third kappa shape index (κ3) is 8.64. The molecule has 0 saturated heterocycles. The predicted molar refractivity (Wildman–Crippen MR) is 88.2 cm³/mol. The van der Waals surface area contributed by atoms with E-state index in [-0.39, 0.29) is 24.7 Å². The van der Waals surface area contributed by atoms with Crippen molar-refractivity contribution < 1.29 is 19.4 Å². The average molecular weight is 329 g/mol. The first-order chi connectivity index (χ1) is 10.5. The molecule has 0 spiro atoms. The van der Waals surface area contributed by atoms with Crippen LogP contribution in [0.3, 0.4) is 0 Å². The molecule has 0 radical (unpaired) electrons. The SMILES string of the molecule is CC(C)(CNC(=O)OC(C)(C)C)NC(=O)NC1CCC(O)CC1. The van der Waals surface area contributed by atoms with Gasteiger partial charge in [0.2, 0.25) is 0 Å². The lowest BCUT2D eigenvalue weighted by Crippen LogP contribution is -2.56. The van der Waals surface area contributed by atoms with Gasteiger partial charge in [-0.3, -0.25) is 0 Å². The van der Waals surface area contributed by atoms with Gasteiger partial charge in [0.15, 0.2) is 0 Å². The van der Waals surface area contributed by atoms with Crippen LogP contribution < -0.4 is 16.0 Å². The first-order valence-corrected chi connectivity index (χ1v) is 8.20. The number of carbonyl (C=O) groups is 2. The lowest BCUT2D eigenvalue weighted by Gasteiger charge is -2.30. The van der Waals surface area contributed by atoms with Crippen molar-refractivity contribution >= 4 is 12.1 Å². The standard InChI is InChI=1S/C16H31N3O4/c1-15(2,3)23-14(22)17-10-16(4,5)19-13(21)18-11-6-8-12(20)9-7-11/h11-12,20H,6-10H2,1-5H3,(H,17,22)(H2,18,19,21). The van der Waals surface area contributed by atoms with Gasteiger partial charge in [-0.1, -0.05) is 0 Å². The molecule has 1 aliphatic rings. The van der Waals surface area contributed by atoms with Gasteiger partial charge in [0, 0.05) is 12.6 Å². The topological polar surface area (TPSA) is 99.7 Å². The summed E-state index contributed by atoms with van der Waals surface area (Å²) in [4.78, 5) is 23.7. The number of hydrogen-bond acceptors (Lipinski definition) is 4. The van der Waals surface area contributed by atoms with Gasteiger partial charge in [-0.25, -0.2) is 9.59 Å². The lowest BCUT2D eigenvalue weighted by atomic mass is 9.93. The minimum absolute atomic E-state index is 0.0908. The highest BCUT2D eigenvalue weighted by Crippen LogP contribution is 2.18. The van der Waals surface area contributed by atoms with Crippen LogP contribution in [0.2, 0.25) is 0 Å². The van der Waals surface area contributed by atoms with Gasteiger partial charge in [-0.2, -0.15) is 0 Å². The summed E-state index contributed by atoms with van der Waals surface area (Å²) in [5.41, 5.74) is -1.15. The molecule has 7 heteroatoms. The molecule has 0 unspecified atom stereocenters. The number of urea groups is 1. The Kier molecular flexibility index (Phi) is 6.68. The number of alkyl carbamates (subject to hydrolysis) is 1. The molecule has 1 saturated carbocycles. The maximum atomic E-state index is 12.1. The molecule has 0 atom stereocenters. The molecule has 0 aromatic rings. The van der Waals surface area contributed by atoms with Gasteiger partial charge in [0.1, 0.15) is 5.60 Å². The van der Waals surface area contributed by atoms with Crippen molar-refractivity contribution in [1.82, 2.24) is 16.0 Å². The predicted octanol–water partition coefficient (Wildman–Crippen LogP) is 1.89. The molecule has 0 aromatic heterocycles. The maximum absolute atomic E-state index is 12.1. The van der Waals surface area contributed by atoms with Crippen molar-refractivity contribution in [2.24, 2.45) is 0 Å². The van der Waals surface area contributed by atoms with E-state index in [2.05, 4.69) is 16.0 Å². The highest BCUT2D eigenvalue weighted by molar-refractivity contribution is 5.75. The summed E-state index contributed by atoms with van der Waals surface area (Å²) >= 11 is 0. The van der Waals surface area contributed by atoms with Gasteiger partial charge in [0.05, 0.1) is 11.6 Å². The number of nitrogens with one attached hydrogen (secondary N) is 3. The summed E-state index contributed by atoms with van der Waals surface area (Å²) in [7, 11) is 0. The van der Waals surface area contributed by atoms with Crippen molar-refractivity contribution in [1.29, 1.82) is 0 Å². The van der Waals surface area contributed by atoms with Gasteiger partial charge < -0.3 is 25.8 Å². The monoisotopic (exact) mass is 329 g/mol. The molecular weight excluding hydrogens is 298 g/mol. The van der Waals surface area contributed by atoms with Crippen molar-refractivity contribution in [2.45, 2.75) is 83.6 Å².